The predicted octanol–water partition coefficient (Wildman–Crippen LogP) is -4.37. The van der Waals surface area contributed by atoms with Crippen LogP contribution < -0.4 is 10.2 Å². The molecule has 0 radical (unpaired) electrons. The highest BCUT2D eigenvalue weighted by Gasteiger charge is 2.53. The first-order chi connectivity index (χ1) is 29.3. The van der Waals surface area contributed by atoms with Gasteiger partial charge in [-0.15, -0.1) is 0 Å². The van der Waals surface area contributed by atoms with Crippen LogP contribution in [0.15, 0.2) is 39.5 Å². The summed E-state index contributed by atoms with van der Waals surface area (Å²) in [5, 5.41) is 147. The third-order valence-electron chi connectivity index (χ3n) is 11.1. The summed E-state index contributed by atoms with van der Waals surface area (Å²) in [5.74, 6) is -3.75. The molecule has 24 heteroatoms. The molecule has 4 aliphatic rings. The van der Waals surface area contributed by atoms with Crippen molar-refractivity contribution in [3.63, 3.8) is 0 Å². The lowest BCUT2D eigenvalue weighted by Gasteiger charge is -2.47. The molecule has 4 fully saturated rings. The monoisotopic (exact) mass is 888 g/mol. The Morgan fingerprint density at radius 1 is 0.613 bits per heavy atom. The average Bonchev–Trinajstić information content (AvgIpc) is 3.23. The summed E-state index contributed by atoms with van der Waals surface area (Å²) < 4.78 is 51.6. The summed E-state index contributed by atoms with van der Waals surface area (Å²) in [6.45, 7) is 1.50. The van der Waals surface area contributed by atoms with Crippen molar-refractivity contribution in [3.05, 3.63) is 40.6 Å². The van der Waals surface area contributed by atoms with E-state index in [1.165, 1.54) is 19.9 Å². The van der Waals surface area contributed by atoms with Gasteiger partial charge in [-0.3, -0.25) is 4.79 Å². The van der Waals surface area contributed by atoms with Crippen LogP contribution in [-0.4, -0.2) is 201 Å². The molecule has 4 saturated heterocycles. The normalized spacial score (nSPS) is 40.4. The Hall–Kier alpha value is -4.03. The van der Waals surface area contributed by atoms with Gasteiger partial charge >= 0.3 is 0 Å². The van der Waals surface area contributed by atoms with Gasteiger partial charge in [0.05, 0.1) is 25.4 Å². The van der Waals surface area contributed by atoms with Crippen LogP contribution in [0.2, 0.25) is 0 Å². The van der Waals surface area contributed by atoms with Crippen LogP contribution >= 0.6 is 0 Å². The Bertz CT molecular complexity index is 2100. The predicted molar refractivity (Wildman–Crippen MR) is 198 cm³/mol. The number of aliphatic hydroxyl groups excluding tert-OH is 10. The third kappa shape index (κ3) is 8.76. The number of ether oxygens (including phenoxy) is 8. The van der Waals surface area contributed by atoms with Crippen LogP contribution in [0.4, 0.5) is 0 Å². The van der Waals surface area contributed by atoms with E-state index in [2.05, 4.69) is 0 Å². The zero-order chi connectivity index (χ0) is 45.1. The Labute approximate surface area is 349 Å². The number of benzene rings is 2. The number of phenols is 3. The van der Waals surface area contributed by atoms with E-state index in [0.29, 0.717) is 0 Å². The van der Waals surface area contributed by atoms with Crippen molar-refractivity contribution in [3.8, 4) is 40.1 Å². The largest absolute Gasteiger partial charge is 0.507 e. The first kappa shape index (κ1) is 46.0. The molecule has 0 aliphatic carbocycles. The highest BCUT2D eigenvalue weighted by atomic mass is 16.8. The van der Waals surface area contributed by atoms with Crippen LogP contribution in [0.1, 0.15) is 13.8 Å². The number of fused-ring (bicyclic) bond motifs is 1. The van der Waals surface area contributed by atoms with E-state index in [4.69, 9.17) is 42.3 Å². The molecule has 19 atom stereocenters. The summed E-state index contributed by atoms with van der Waals surface area (Å²) in [6, 6.07) is 5.21. The second-order valence-electron chi connectivity index (χ2n) is 15.4. The van der Waals surface area contributed by atoms with Crippen molar-refractivity contribution in [1.82, 2.24) is 0 Å². The van der Waals surface area contributed by atoms with E-state index in [-0.39, 0.29) is 11.3 Å². The fourth-order valence-corrected chi connectivity index (χ4v) is 7.42. The van der Waals surface area contributed by atoms with E-state index in [9.17, 15) is 76.3 Å². The van der Waals surface area contributed by atoms with E-state index in [0.717, 1.165) is 24.3 Å². The van der Waals surface area contributed by atoms with Gasteiger partial charge in [0, 0.05) is 17.7 Å². The van der Waals surface area contributed by atoms with Crippen LogP contribution in [0.3, 0.4) is 0 Å². The highest BCUT2D eigenvalue weighted by Crippen LogP contribution is 2.39. The van der Waals surface area contributed by atoms with Gasteiger partial charge in [0.25, 0.3) is 0 Å². The average molecular weight is 889 g/mol. The van der Waals surface area contributed by atoms with Crippen molar-refractivity contribution in [2.24, 2.45) is 0 Å². The molecule has 0 unspecified atom stereocenters. The maximum absolute atomic E-state index is 13.2. The van der Waals surface area contributed by atoms with Gasteiger partial charge in [-0.05, 0) is 32.0 Å². The lowest BCUT2D eigenvalue weighted by molar-refractivity contribution is -0.371. The molecule has 0 saturated carbocycles. The zero-order valence-electron chi connectivity index (χ0n) is 32.6. The lowest BCUT2D eigenvalue weighted by atomic mass is 9.97. The van der Waals surface area contributed by atoms with Gasteiger partial charge in [0.1, 0.15) is 95.7 Å². The molecule has 5 heterocycles. The number of phenolic OH excluding ortho intramolecular Hbond substituents is 3. The summed E-state index contributed by atoms with van der Waals surface area (Å²) >= 11 is 0. The lowest BCUT2D eigenvalue weighted by Crippen LogP contribution is -2.65. The Morgan fingerprint density at radius 2 is 1.23 bits per heavy atom. The molecule has 1 aromatic heterocycles. The smallest absolute Gasteiger partial charge is 0.238 e. The molecule has 7 rings (SSSR count). The van der Waals surface area contributed by atoms with Gasteiger partial charge in [-0.2, -0.15) is 0 Å². The molecule has 4 aliphatic heterocycles. The summed E-state index contributed by atoms with van der Waals surface area (Å²) in [4.78, 5) is 13.2. The van der Waals surface area contributed by atoms with Crippen molar-refractivity contribution in [2.75, 3.05) is 13.2 Å². The fraction of sp³-hybridized carbons (Fsp3) is 0.605. The molecular formula is C38H48O24. The molecule has 0 bridgehead atoms. The number of aromatic hydroxyl groups is 4. The highest BCUT2D eigenvalue weighted by molar-refractivity contribution is 5.88. The minimum Gasteiger partial charge on any atom is -0.507 e. The maximum atomic E-state index is 13.2. The van der Waals surface area contributed by atoms with Crippen LogP contribution in [0, 0.1) is 0 Å². The molecule has 0 amide bonds. The maximum Gasteiger partial charge on any atom is 0.238 e. The molecule has 24 nitrogen and oxygen atoms in total. The van der Waals surface area contributed by atoms with Gasteiger partial charge < -0.3 is 114 Å². The van der Waals surface area contributed by atoms with Crippen LogP contribution in [-0.2, 0) is 33.2 Å². The molecule has 3 aromatic rings. The minimum absolute atomic E-state index is 0.0654. The van der Waals surface area contributed by atoms with E-state index >= 15 is 0 Å². The van der Waals surface area contributed by atoms with Crippen LogP contribution in [0.25, 0.3) is 22.3 Å². The van der Waals surface area contributed by atoms with Gasteiger partial charge in [-0.1, -0.05) is 0 Å². The topological polar surface area (TPSA) is 387 Å². The molecule has 62 heavy (non-hydrogen) atoms. The standard InChI is InChI=1S/C38H48O24/c1-10-21(43)26(48)31(53)36(56-10)62-33-27(49)22(44)11(2)57-37(33)55-9-19-24(46)28(50)34(61-35-30(52)23(45)17(42)8-54-35)38(60-19)58-13-6-16(41)20-18(7-13)59-32(29(51)25(20)47)12-3-4-14(39)15(40)5-12/h3-7,10-11,17,19,21-24,26-28,30-31,33-46,48-53H,8-9H2,1-2H3/t10-,11-,17+,19+,21-,22-,23-,24+,26+,27+,28-,30+,31+,33+,34+,35-,36-,37+,38+/m0/s1. The quantitative estimate of drug-likeness (QED) is 0.0855. The van der Waals surface area contributed by atoms with E-state index < -0.39 is 175 Å². The first-order valence-electron chi connectivity index (χ1n) is 19.3. The third-order valence-corrected chi connectivity index (χ3v) is 11.1. The molecule has 0 spiro atoms. The molecule has 2 aromatic carbocycles. The number of hydrogen-bond donors (Lipinski definition) is 14. The van der Waals surface area contributed by atoms with Gasteiger partial charge in [0.15, 0.2) is 42.2 Å². The van der Waals surface area contributed by atoms with E-state index in [1.807, 2.05) is 0 Å². The number of rotatable bonds is 10. The van der Waals surface area contributed by atoms with Crippen molar-refractivity contribution >= 4 is 11.0 Å². The summed E-state index contributed by atoms with van der Waals surface area (Å²) in [7, 11) is 0. The SMILES string of the molecule is C[C@@H]1O[C@@H](O[C@H]2[C@H](OC[C@H]3O[C@@H](Oc4cc(O)c5c(=O)c(O)c(-c6ccc(O)c(O)c6)oc5c4)[C@H](O[C@@H]4OC[C@@H](O)[C@H](O)[C@H]4O)[C@@H](O)[C@@H]3O)O[C@@H](C)[C@H](O)[C@H]2O)[C@H](O)[C@H](O)[C@H]1O. The second kappa shape index (κ2) is 18.2. The van der Waals surface area contributed by atoms with Crippen molar-refractivity contribution in [2.45, 2.75) is 131 Å². The van der Waals surface area contributed by atoms with Gasteiger partial charge in [0.2, 0.25) is 17.5 Å². The second-order valence-corrected chi connectivity index (χ2v) is 15.4. The fourth-order valence-electron chi connectivity index (χ4n) is 7.42. The first-order valence-corrected chi connectivity index (χ1v) is 19.3. The molecular weight excluding hydrogens is 840 g/mol. The van der Waals surface area contributed by atoms with Gasteiger partial charge in [-0.25, -0.2) is 0 Å². The number of hydrogen-bond acceptors (Lipinski definition) is 24. The summed E-state index contributed by atoms with van der Waals surface area (Å²) in [6.07, 6.45) is -31.8. The number of aliphatic hydroxyl groups is 10. The van der Waals surface area contributed by atoms with Crippen LogP contribution in [0.5, 0.6) is 28.7 Å². The Morgan fingerprint density at radius 3 is 1.92 bits per heavy atom. The Kier molecular flexibility index (Phi) is 13.5. The molecule has 14 N–H and O–H groups in total. The minimum atomic E-state index is -2.02. The van der Waals surface area contributed by atoms with Crippen molar-refractivity contribution in [1.29, 1.82) is 0 Å². The Balaban J connectivity index is 1.17. The summed E-state index contributed by atoms with van der Waals surface area (Å²) in [5.41, 5.74) is -1.58. The zero-order valence-corrected chi connectivity index (χ0v) is 32.6. The molecule has 344 valence electrons. The van der Waals surface area contributed by atoms with Crippen molar-refractivity contribution < 1.29 is 114 Å². The van der Waals surface area contributed by atoms with E-state index in [1.54, 1.807) is 0 Å².